The Kier molecular flexibility index (Phi) is 5.68. The third-order valence-corrected chi connectivity index (χ3v) is 6.17. The SMILES string of the molecule is Fc1cccc(-c2cnc([C@@H](NC3CCCCC3)C3CCCCC3)[nH]2)c1. The van der Waals surface area contributed by atoms with Gasteiger partial charge in [-0.1, -0.05) is 50.7 Å². The molecule has 0 aliphatic heterocycles. The maximum absolute atomic E-state index is 13.6. The molecule has 2 aromatic rings. The number of halogens is 1. The van der Waals surface area contributed by atoms with Gasteiger partial charge >= 0.3 is 0 Å². The normalized spacial score (nSPS) is 21.0. The van der Waals surface area contributed by atoms with Crippen LogP contribution < -0.4 is 5.32 Å². The Labute approximate surface area is 155 Å². The van der Waals surface area contributed by atoms with Crippen molar-refractivity contribution in [1.82, 2.24) is 15.3 Å². The minimum Gasteiger partial charge on any atom is -0.341 e. The summed E-state index contributed by atoms with van der Waals surface area (Å²) in [7, 11) is 0. The number of nitrogens with one attached hydrogen (secondary N) is 2. The van der Waals surface area contributed by atoms with Crippen LogP contribution in [-0.2, 0) is 0 Å². The number of nitrogens with zero attached hydrogens (tertiary/aromatic N) is 1. The van der Waals surface area contributed by atoms with Crippen LogP contribution in [0.4, 0.5) is 4.39 Å². The highest BCUT2D eigenvalue weighted by atomic mass is 19.1. The molecular formula is C22H30FN3. The smallest absolute Gasteiger partial charge is 0.124 e. The van der Waals surface area contributed by atoms with Gasteiger partial charge in [0.05, 0.1) is 17.9 Å². The fourth-order valence-electron chi connectivity index (χ4n) is 4.73. The van der Waals surface area contributed by atoms with Crippen LogP contribution in [0.5, 0.6) is 0 Å². The number of hydrogen-bond donors (Lipinski definition) is 2. The Balaban J connectivity index is 1.56. The van der Waals surface area contributed by atoms with Gasteiger partial charge in [0.1, 0.15) is 11.6 Å². The number of aromatic amines is 1. The highest BCUT2D eigenvalue weighted by Crippen LogP contribution is 2.35. The summed E-state index contributed by atoms with van der Waals surface area (Å²) in [5.41, 5.74) is 1.77. The van der Waals surface area contributed by atoms with Crippen molar-refractivity contribution < 1.29 is 4.39 Å². The number of aromatic nitrogens is 2. The second-order valence-electron chi connectivity index (χ2n) is 8.07. The van der Waals surface area contributed by atoms with E-state index < -0.39 is 0 Å². The second kappa shape index (κ2) is 8.34. The summed E-state index contributed by atoms with van der Waals surface area (Å²) in [6, 6.07) is 7.64. The van der Waals surface area contributed by atoms with Gasteiger partial charge in [-0.2, -0.15) is 0 Å². The quantitative estimate of drug-likeness (QED) is 0.716. The fraction of sp³-hybridized carbons (Fsp3) is 0.591. The standard InChI is InChI=1S/C22H30FN3/c23-18-11-7-10-17(14-18)20-15-24-22(26-20)21(16-8-3-1-4-9-16)25-19-12-5-2-6-13-19/h7,10-11,14-16,19,21,25H,1-6,8-9,12-13H2,(H,24,26)/t21-/m0/s1. The first-order chi connectivity index (χ1) is 12.8. The number of H-pyrrole nitrogens is 1. The van der Waals surface area contributed by atoms with Gasteiger partial charge < -0.3 is 10.3 Å². The minimum atomic E-state index is -0.206. The molecule has 0 amide bonds. The molecule has 0 bridgehead atoms. The summed E-state index contributed by atoms with van der Waals surface area (Å²) in [5.74, 6) is 1.47. The molecule has 2 saturated carbocycles. The predicted molar refractivity (Wildman–Crippen MR) is 103 cm³/mol. The summed E-state index contributed by atoms with van der Waals surface area (Å²) in [6.07, 6.45) is 15.0. The Morgan fingerprint density at radius 3 is 2.46 bits per heavy atom. The van der Waals surface area contributed by atoms with Gasteiger partial charge in [0, 0.05) is 11.6 Å². The molecule has 2 fully saturated rings. The van der Waals surface area contributed by atoms with Crippen molar-refractivity contribution in [3.63, 3.8) is 0 Å². The zero-order valence-corrected chi connectivity index (χ0v) is 15.5. The third-order valence-electron chi connectivity index (χ3n) is 6.17. The molecule has 4 rings (SSSR count). The zero-order chi connectivity index (χ0) is 17.8. The van der Waals surface area contributed by atoms with Crippen LogP contribution in [0.3, 0.4) is 0 Å². The molecule has 0 radical (unpaired) electrons. The van der Waals surface area contributed by atoms with E-state index in [1.165, 1.54) is 70.3 Å². The van der Waals surface area contributed by atoms with Gasteiger partial charge in [-0.3, -0.25) is 0 Å². The number of hydrogen-bond acceptors (Lipinski definition) is 2. The van der Waals surface area contributed by atoms with Crippen molar-refractivity contribution in [1.29, 1.82) is 0 Å². The highest BCUT2D eigenvalue weighted by molar-refractivity contribution is 5.58. The lowest BCUT2D eigenvalue weighted by Crippen LogP contribution is -2.39. The van der Waals surface area contributed by atoms with E-state index in [2.05, 4.69) is 10.3 Å². The molecule has 4 heteroatoms. The molecule has 2 aliphatic rings. The average Bonchev–Trinajstić information content (AvgIpc) is 3.18. The van der Waals surface area contributed by atoms with Crippen LogP contribution in [0, 0.1) is 11.7 Å². The van der Waals surface area contributed by atoms with Crippen molar-refractivity contribution in [2.24, 2.45) is 5.92 Å². The first-order valence-corrected chi connectivity index (χ1v) is 10.4. The Morgan fingerprint density at radius 2 is 1.73 bits per heavy atom. The van der Waals surface area contributed by atoms with Gasteiger partial charge in [-0.15, -0.1) is 0 Å². The third kappa shape index (κ3) is 4.17. The van der Waals surface area contributed by atoms with Crippen LogP contribution in [0.1, 0.15) is 76.1 Å². The van der Waals surface area contributed by atoms with Crippen molar-refractivity contribution >= 4 is 0 Å². The maximum Gasteiger partial charge on any atom is 0.124 e. The zero-order valence-electron chi connectivity index (χ0n) is 15.5. The Hall–Kier alpha value is -1.68. The van der Waals surface area contributed by atoms with Gasteiger partial charge in [0.2, 0.25) is 0 Å². The molecule has 3 nitrogen and oxygen atoms in total. The van der Waals surface area contributed by atoms with Crippen LogP contribution in [0.15, 0.2) is 30.5 Å². The van der Waals surface area contributed by atoms with E-state index in [4.69, 9.17) is 4.98 Å². The average molecular weight is 356 g/mol. The summed E-state index contributed by atoms with van der Waals surface area (Å²) < 4.78 is 13.6. The fourth-order valence-corrected chi connectivity index (χ4v) is 4.73. The van der Waals surface area contributed by atoms with Gasteiger partial charge in [0.15, 0.2) is 0 Å². The molecule has 140 valence electrons. The molecule has 0 saturated heterocycles. The molecule has 2 N–H and O–H groups in total. The highest BCUT2D eigenvalue weighted by Gasteiger charge is 2.29. The van der Waals surface area contributed by atoms with Gasteiger partial charge in [0.25, 0.3) is 0 Å². The monoisotopic (exact) mass is 355 g/mol. The van der Waals surface area contributed by atoms with Crippen LogP contribution in [0.25, 0.3) is 11.3 Å². The number of imidazole rings is 1. The van der Waals surface area contributed by atoms with E-state index in [-0.39, 0.29) is 5.82 Å². The topological polar surface area (TPSA) is 40.7 Å². The molecule has 0 spiro atoms. The molecule has 1 heterocycles. The first kappa shape index (κ1) is 17.7. The Bertz CT molecular complexity index is 699. The lowest BCUT2D eigenvalue weighted by atomic mass is 9.82. The summed E-state index contributed by atoms with van der Waals surface area (Å²) in [4.78, 5) is 8.23. The van der Waals surface area contributed by atoms with Gasteiger partial charge in [-0.05, 0) is 43.7 Å². The summed E-state index contributed by atoms with van der Waals surface area (Å²) >= 11 is 0. The number of rotatable bonds is 5. The Morgan fingerprint density at radius 1 is 1.00 bits per heavy atom. The maximum atomic E-state index is 13.6. The van der Waals surface area contributed by atoms with E-state index in [0.29, 0.717) is 18.0 Å². The molecule has 0 unspecified atom stereocenters. The lowest BCUT2D eigenvalue weighted by Gasteiger charge is -2.34. The molecular weight excluding hydrogens is 325 g/mol. The minimum absolute atomic E-state index is 0.206. The van der Waals surface area contributed by atoms with Crippen LogP contribution in [-0.4, -0.2) is 16.0 Å². The first-order valence-electron chi connectivity index (χ1n) is 10.4. The van der Waals surface area contributed by atoms with E-state index in [1.54, 1.807) is 12.1 Å². The van der Waals surface area contributed by atoms with Crippen molar-refractivity contribution in [2.45, 2.75) is 76.3 Å². The van der Waals surface area contributed by atoms with Crippen molar-refractivity contribution in [3.05, 3.63) is 42.1 Å². The molecule has 2 aliphatic carbocycles. The second-order valence-corrected chi connectivity index (χ2v) is 8.07. The molecule has 1 aromatic carbocycles. The lowest BCUT2D eigenvalue weighted by molar-refractivity contribution is 0.227. The van der Waals surface area contributed by atoms with E-state index in [0.717, 1.165) is 17.1 Å². The molecule has 26 heavy (non-hydrogen) atoms. The summed E-state index contributed by atoms with van der Waals surface area (Å²) in [5, 5.41) is 3.95. The van der Waals surface area contributed by atoms with Crippen molar-refractivity contribution in [2.75, 3.05) is 0 Å². The van der Waals surface area contributed by atoms with Crippen LogP contribution in [0.2, 0.25) is 0 Å². The van der Waals surface area contributed by atoms with E-state index in [1.807, 2.05) is 12.3 Å². The van der Waals surface area contributed by atoms with Crippen LogP contribution >= 0.6 is 0 Å². The number of benzene rings is 1. The summed E-state index contributed by atoms with van der Waals surface area (Å²) in [6.45, 7) is 0. The molecule has 1 aromatic heterocycles. The van der Waals surface area contributed by atoms with E-state index in [9.17, 15) is 4.39 Å². The van der Waals surface area contributed by atoms with Crippen molar-refractivity contribution in [3.8, 4) is 11.3 Å². The van der Waals surface area contributed by atoms with E-state index >= 15 is 0 Å². The predicted octanol–water partition coefficient (Wildman–Crippen LogP) is 5.76. The van der Waals surface area contributed by atoms with Gasteiger partial charge in [-0.25, -0.2) is 9.37 Å². The largest absolute Gasteiger partial charge is 0.341 e. The molecule has 1 atom stereocenters.